The number of nitrogens with zero attached hydrogens (tertiary/aromatic N) is 1. The van der Waals surface area contributed by atoms with Gasteiger partial charge in [0.15, 0.2) is 0 Å². The lowest BCUT2D eigenvalue weighted by Crippen LogP contribution is -2.40. The summed E-state index contributed by atoms with van der Waals surface area (Å²) in [5.41, 5.74) is 0.686. The third-order valence-electron chi connectivity index (χ3n) is 3.04. The number of ether oxygens (including phenoxy) is 3. The van der Waals surface area contributed by atoms with Crippen LogP contribution in [0.3, 0.4) is 0 Å². The Labute approximate surface area is 117 Å². The predicted octanol–water partition coefficient (Wildman–Crippen LogP) is 1.11. The zero-order chi connectivity index (χ0) is 14.4. The van der Waals surface area contributed by atoms with E-state index in [0.29, 0.717) is 24.5 Å². The van der Waals surface area contributed by atoms with Gasteiger partial charge in [-0.25, -0.2) is 0 Å². The van der Waals surface area contributed by atoms with Crippen LogP contribution in [0.25, 0.3) is 0 Å². The van der Waals surface area contributed by atoms with Crippen LogP contribution in [0.5, 0.6) is 5.75 Å². The molecule has 0 bridgehead atoms. The molecular weight excluding hydrogens is 264 g/mol. The van der Waals surface area contributed by atoms with E-state index in [4.69, 9.17) is 14.2 Å². The zero-order valence-electron chi connectivity index (χ0n) is 11.3. The van der Waals surface area contributed by atoms with Gasteiger partial charge in [0, 0.05) is 30.8 Å². The Morgan fingerprint density at radius 2 is 2.40 bits per heavy atom. The number of methoxy groups -OCH3 is 1. The summed E-state index contributed by atoms with van der Waals surface area (Å²) in [5.74, 6) is 0.582. The molecule has 1 N–H and O–H groups in total. The van der Waals surface area contributed by atoms with E-state index in [9.17, 15) is 10.1 Å². The highest BCUT2D eigenvalue weighted by atomic mass is 16.6. The van der Waals surface area contributed by atoms with Gasteiger partial charge in [-0.2, -0.15) is 0 Å². The number of morpholine rings is 1. The average Bonchev–Trinajstić information content (AvgIpc) is 2.48. The number of hydrogen-bond acceptors (Lipinski definition) is 6. The fraction of sp³-hybridized carbons (Fsp3) is 0.538. The quantitative estimate of drug-likeness (QED) is 0.621. The smallest absolute Gasteiger partial charge is 0.270 e. The molecule has 7 heteroatoms. The Morgan fingerprint density at radius 3 is 3.05 bits per heavy atom. The van der Waals surface area contributed by atoms with E-state index in [1.165, 1.54) is 19.2 Å². The van der Waals surface area contributed by atoms with E-state index >= 15 is 0 Å². The van der Waals surface area contributed by atoms with E-state index in [1.54, 1.807) is 6.07 Å². The van der Waals surface area contributed by atoms with E-state index in [0.717, 1.165) is 13.1 Å². The van der Waals surface area contributed by atoms with Gasteiger partial charge in [0.1, 0.15) is 5.75 Å². The summed E-state index contributed by atoms with van der Waals surface area (Å²) in [5, 5.41) is 14.0. The first-order chi connectivity index (χ1) is 9.70. The molecule has 1 atom stereocenters. The average molecular weight is 282 g/mol. The van der Waals surface area contributed by atoms with Crippen molar-refractivity contribution in [1.82, 2.24) is 5.32 Å². The van der Waals surface area contributed by atoms with Gasteiger partial charge in [0.05, 0.1) is 38.0 Å². The molecule has 0 amide bonds. The number of nitrogens with one attached hydrogen (secondary N) is 1. The van der Waals surface area contributed by atoms with Crippen LogP contribution in [0.15, 0.2) is 18.2 Å². The maximum atomic E-state index is 10.8. The van der Waals surface area contributed by atoms with Crippen molar-refractivity contribution >= 4 is 5.69 Å². The Balaban J connectivity index is 1.93. The van der Waals surface area contributed by atoms with Gasteiger partial charge in [0.25, 0.3) is 5.69 Å². The molecule has 1 aliphatic heterocycles. The molecule has 0 saturated carbocycles. The minimum absolute atomic E-state index is 0.0217. The molecule has 0 radical (unpaired) electrons. The molecule has 1 fully saturated rings. The van der Waals surface area contributed by atoms with Crippen molar-refractivity contribution in [2.45, 2.75) is 12.7 Å². The molecule has 2 rings (SSSR count). The predicted molar refractivity (Wildman–Crippen MR) is 71.9 cm³/mol. The van der Waals surface area contributed by atoms with Crippen LogP contribution >= 0.6 is 0 Å². The lowest BCUT2D eigenvalue weighted by atomic mass is 10.2. The number of benzene rings is 1. The van der Waals surface area contributed by atoms with E-state index < -0.39 is 4.92 Å². The molecule has 1 aromatic carbocycles. The first-order valence-corrected chi connectivity index (χ1v) is 6.42. The minimum Gasteiger partial charge on any atom is -0.496 e. The fourth-order valence-electron chi connectivity index (χ4n) is 2.02. The first-order valence-electron chi connectivity index (χ1n) is 6.42. The van der Waals surface area contributed by atoms with Crippen molar-refractivity contribution in [1.29, 1.82) is 0 Å². The second-order valence-electron chi connectivity index (χ2n) is 4.47. The lowest BCUT2D eigenvalue weighted by Gasteiger charge is -2.23. The minimum atomic E-state index is -0.433. The fourth-order valence-corrected chi connectivity index (χ4v) is 2.02. The van der Waals surface area contributed by atoms with Crippen LogP contribution in [0.4, 0.5) is 5.69 Å². The van der Waals surface area contributed by atoms with E-state index in [1.807, 2.05) is 0 Å². The number of rotatable bonds is 6. The highest BCUT2D eigenvalue weighted by Crippen LogP contribution is 2.24. The number of nitro benzene ring substituents is 1. The van der Waals surface area contributed by atoms with Gasteiger partial charge in [-0.15, -0.1) is 0 Å². The van der Waals surface area contributed by atoms with E-state index in [-0.39, 0.29) is 18.4 Å². The lowest BCUT2D eigenvalue weighted by molar-refractivity contribution is -0.385. The first kappa shape index (κ1) is 14.7. The molecule has 0 aromatic heterocycles. The maximum Gasteiger partial charge on any atom is 0.270 e. The van der Waals surface area contributed by atoms with E-state index in [2.05, 4.69) is 5.32 Å². The summed E-state index contributed by atoms with van der Waals surface area (Å²) < 4.78 is 16.3. The summed E-state index contributed by atoms with van der Waals surface area (Å²) in [6.07, 6.45) is 0.0217. The van der Waals surface area contributed by atoms with Crippen LogP contribution in [0.2, 0.25) is 0 Å². The second kappa shape index (κ2) is 7.18. The molecule has 110 valence electrons. The van der Waals surface area contributed by atoms with Crippen molar-refractivity contribution < 1.29 is 19.1 Å². The van der Waals surface area contributed by atoms with Gasteiger partial charge in [-0.05, 0) is 6.07 Å². The molecule has 0 spiro atoms. The highest BCUT2D eigenvalue weighted by molar-refractivity contribution is 5.43. The highest BCUT2D eigenvalue weighted by Gasteiger charge is 2.15. The molecule has 20 heavy (non-hydrogen) atoms. The number of non-ortho nitro benzene ring substituents is 1. The normalized spacial score (nSPS) is 18.8. The Morgan fingerprint density at radius 1 is 1.55 bits per heavy atom. The molecule has 1 heterocycles. The van der Waals surface area contributed by atoms with Crippen LogP contribution in [-0.4, -0.2) is 44.4 Å². The SMILES string of the molecule is COc1ccc([N+](=O)[O-])cc1COCC1CNCCO1. The molecular formula is C13H18N2O5. The molecule has 1 unspecified atom stereocenters. The Hall–Kier alpha value is -1.70. The largest absolute Gasteiger partial charge is 0.496 e. The molecule has 1 aromatic rings. The Bertz CT molecular complexity index is 460. The topological polar surface area (TPSA) is 82.9 Å². The van der Waals surface area contributed by atoms with Crippen LogP contribution in [-0.2, 0) is 16.1 Å². The monoisotopic (exact) mass is 282 g/mol. The van der Waals surface area contributed by atoms with Crippen molar-refractivity contribution in [3.8, 4) is 5.75 Å². The van der Waals surface area contributed by atoms with Crippen molar-refractivity contribution in [3.63, 3.8) is 0 Å². The van der Waals surface area contributed by atoms with Crippen molar-refractivity contribution in [2.24, 2.45) is 0 Å². The maximum absolute atomic E-state index is 10.8. The van der Waals surface area contributed by atoms with Crippen molar-refractivity contribution in [3.05, 3.63) is 33.9 Å². The molecule has 1 aliphatic rings. The van der Waals surface area contributed by atoms with Crippen LogP contribution < -0.4 is 10.1 Å². The number of nitro groups is 1. The summed E-state index contributed by atoms with van der Waals surface area (Å²) in [6.45, 7) is 2.99. The van der Waals surface area contributed by atoms with Crippen LogP contribution in [0, 0.1) is 10.1 Å². The summed E-state index contributed by atoms with van der Waals surface area (Å²) >= 11 is 0. The molecule has 7 nitrogen and oxygen atoms in total. The molecule has 1 saturated heterocycles. The van der Waals surface area contributed by atoms with Gasteiger partial charge >= 0.3 is 0 Å². The van der Waals surface area contributed by atoms with Gasteiger partial charge < -0.3 is 19.5 Å². The summed E-state index contributed by atoms with van der Waals surface area (Å²) in [6, 6.07) is 4.46. The standard InChI is InChI=1S/C13H18N2O5/c1-18-13-3-2-11(15(16)17)6-10(13)8-19-9-12-7-14-4-5-20-12/h2-3,6,12,14H,4-5,7-9H2,1H3. The van der Waals surface area contributed by atoms with Gasteiger partial charge in [0.2, 0.25) is 0 Å². The van der Waals surface area contributed by atoms with Gasteiger partial charge in [-0.1, -0.05) is 0 Å². The second-order valence-corrected chi connectivity index (χ2v) is 4.47. The van der Waals surface area contributed by atoms with Gasteiger partial charge in [-0.3, -0.25) is 10.1 Å². The van der Waals surface area contributed by atoms with Crippen LogP contribution in [0.1, 0.15) is 5.56 Å². The molecule has 0 aliphatic carbocycles. The third kappa shape index (κ3) is 3.89. The number of hydrogen-bond donors (Lipinski definition) is 1. The summed E-state index contributed by atoms with van der Waals surface area (Å²) in [4.78, 5) is 10.3. The van der Waals surface area contributed by atoms with Crippen molar-refractivity contribution in [2.75, 3.05) is 33.4 Å². The zero-order valence-corrected chi connectivity index (χ0v) is 11.3. The summed E-state index contributed by atoms with van der Waals surface area (Å²) in [7, 11) is 1.53. The Kier molecular flexibility index (Phi) is 5.28. The third-order valence-corrected chi connectivity index (χ3v) is 3.04.